The first-order chi connectivity index (χ1) is 27.5. The molecule has 0 bridgehead atoms. The van der Waals surface area contributed by atoms with Gasteiger partial charge < -0.3 is 25.2 Å². The van der Waals surface area contributed by atoms with Gasteiger partial charge in [0.25, 0.3) is 11.8 Å². The van der Waals surface area contributed by atoms with Crippen molar-refractivity contribution in [2.75, 3.05) is 59.8 Å². The van der Waals surface area contributed by atoms with Crippen LogP contribution < -0.4 is 30.5 Å². The second-order valence-electron chi connectivity index (χ2n) is 14.6. The van der Waals surface area contributed by atoms with Crippen molar-refractivity contribution in [3.63, 3.8) is 0 Å². The van der Waals surface area contributed by atoms with E-state index in [-0.39, 0.29) is 34.9 Å². The van der Waals surface area contributed by atoms with Gasteiger partial charge >= 0.3 is 6.18 Å². The van der Waals surface area contributed by atoms with Gasteiger partial charge in [0.15, 0.2) is 5.11 Å². The lowest BCUT2D eigenvalue weighted by atomic mass is 10.0. The van der Waals surface area contributed by atoms with E-state index in [0.717, 1.165) is 22.6 Å². The Balaban J connectivity index is 1.01. The number of nitrogens with zero attached hydrogens (tertiary/aromatic N) is 5. The van der Waals surface area contributed by atoms with Gasteiger partial charge in [-0.25, -0.2) is 0 Å². The molecule has 0 aromatic heterocycles. The van der Waals surface area contributed by atoms with E-state index in [0.29, 0.717) is 80.7 Å². The smallest absolute Gasteiger partial charge is 0.417 e. The van der Waals surface area contributed by atoms with Crippen molar-refractivity contribution in [2.45, 2.75) is 57.8 Å². The predicted octanol–water partition coefficient (Wildman–Crippen LogP) is 5.42. The van der Waals surface area contributed by atoms with Crippen LogP contribution in [0.3, 0.4) is 0 Å². The number of hydrogen-bond acceptors (Lipinski definition) is 10. The van der Waals surface area contributed by atoms with Crippen LogP contribution >= 0.6 is 12.2 Å². The summed E-state index contributed by atoms with van der Waals surface area (Å²) in [7, 11) is 0. The summed E-state index contributed by atoms with van der Waals surface area (Å²) in [4.78, 5) is 57.2. The molecule has 0 aliphatic carbocycles. The molecule has 1 atom stereocenters. The molecule has 3 aliphatic heterocycles. The number of imide groups is 1. The van der Waals surface area contributed by atoms with Gasteiger partial charge in [-0.15, -0.1) is 0 Å². The number of aryl methyl sites for hydroxylation is 1. The molecule has 0 unspecified atom stereocenters. The minimum absolute atomic E-state index is 0.0106. The van der Waals surface area contributed by atoms with Gasteiger partial charge in [0.05, 0.1) is 28.6 Å². The van der Waals surface area contributed by atoms with Crippen LogP contribution in [0.4, 0.5) is 35.9 Å². The molecule has 4 amide bonds. The fourth-order valence-electron chi connectivity index (χ4n) is 7.17. The first-order valence-electron chi connectivity index (χ1n) is 18.8. The SMILES string of the molecule is C=C(C(=O)Nc1cccc(N[C@@H]2CCC(=O)NC2=O)c1)N1CCN(CCOc2ccc(N3C(=S)N(c4ccc(C#N)c(C(F)(F)F)c4)C(=O)C3(C)C)cc2CC)CC1. The van der Waals surface area contributed by atoms with Crippen molar-refractivity contribution in [2.24, 2.45) is 0 Å². The van der Waals surface area contributed by atoms with Crippen LogP contribution in [0.15, 0.2) is 72.9 Å². The molecule has 58 heavy (non-hydrogen) atoms. The molecule has 6 rings (SSSR count). The highest BCUT2D eigenvalue weighted by atomic mass is 32.1. The van der Waals surface area contributed by atoms with Crippen molar-refractivity contribution in [3.8, 4) is 11.8 Å². The number of alkyl halides is 3. The van der Waals surface area contributed by atoms with Crippen LogP contribution in [-0.4, -0.2) is 89.5 Å². The number of ether oxygens (including phenoxy) is 1. The molecule has 0 spiro atoms. The van der Waals surface area contributed by atoms with E-state index >= 15 is 0 Å². The lowest BCUT2D eigenvalue weighted by Gasteiger charge is -2.36. The van der Waals surface area contributed by atoms with E-state index in [2.05, 4.69) is 27.4 Å². The maximum absolute atomic E-state index is 13.8. The molecule has 3 aromatic carbocycles. The van der Waals surface area contributed by atoms with Crippen LogP contribution in [0, 0.1) is 11.3 Å². The number of carbonyl (C=O) groups excluding carboxylic acids is 4. The molecule has 3 aromatic rings. The summed E-state index contributed by atoms with van der Waals surface area (Å²) in [5.41, 5.74) is -0.0735. The molecule has 0 radical (unpaired) electrons. The number of hydrogen-bond donors (Lipinski definition) is 3. The Morgan fingerprint density at radius 1 is 1.03 bits per heavy atom. The lowest BCUT2D eigenvalue weighted by molar-refractivity contribution is -0.138. The molecule has 3 aliphatic rings. The van der Waals surface area contributed by atoms with E-state index in [9.17, 15) is 37.6 Å². The van der Waals surface area contributed by atoms with Gasteiger partial charge in [-0.2, -0.15) is 18.4 Å². The fourth-order valence-corrected chi connectivity index (χ4v) is 7.70. The van der Waals surface area contributed by atoms with E-state index in [1.165, 1.54) is 6.07 Å². The number of piperidine rings is 1. The Labute approximate surface area is 339 Å². The number of nitriles is 1. The van der Waals surface area contributed by atoms with E-state index in [1.54, 1.807) is 61.2 Å². The monoisotopic (exact) mass is 816 g/mol. The number of carbonyl (C=O) groups is 4. The Bertz CT molecular complexity index is 2200. The van der Waals surface area contributed by atoms with Crippen LogP contribution in [0.5, 0.6) is 5.75 Å². The van der Waals surface area contributed by atoms with Crippen molar-refractivity contribution < 1.29 is 37.1 Å². The molecule has 13 nitrogen and oxygen atoms in total. The molecule has 304 valence electrons. The van der Waals surface area contributed by atoms with Gasteiger partial charge in [-0.3, -0.25) is 34.3 Å². The van der Waals surface area contributed by atoms with Crippen LogP contribution in [0.1, 0.15) is 50.3 Å². The quantitative estimate of drug-likeness (QED) is 0.122. The Morgan fingerprint density at radius 3 is 2.41 bits per heavy atom. The van der Waals surface area contributed by atoms with Crippen LogP contribution in [0.25, 0.3) is 0 Å². The van der Waals surface area contributed by atoms with Gasteiger partial charge in [0, 0.05) is 56.2 Å². The molecule has 17 heteroatoms. The summed E-state index contributed by atoms with van der Waals surface area (Å²) < 4.78 is 47.5. The maximum Gasteiger partial charge on any atom is 0.417 e. The Hall–Kier alpha value is -5.99. The summed E-state index contributed by atoms with van der Waals surface area (Å²) in [6, 6.07) is 16.5. The summed E-state index contributed by atoms with van der Waals surface area (Å²) in [6.45, 7) is 12.8. The lowest BCUT2D eigenvalue weighted by Crippen LogP contribution is -2.48. The van der Waals surface area contributed by atoms with Gasteiger partial charge in [0.1, 0.15) is 23.9 Å². The van der Waals surface area contributed by atoms with E-state index in [4.69, 9.17) is 17.0 Å². The standard InChI is InChI=1S/C41H43F3N8O5S/c1-5-26-21-31(52-39(58)51(38(56)40(52,3)4)30-10-9-27(24-45)32(23-30)41(42,43)44)11-13-34(26)57-20-19-49-15-17-50(18-16-49)25(2)36(54)47-29-8-6-7-28(22-29)46-33-12-14-35(53)48-37(33)55/h6-11,13,21-23,33,46H,2,5,12,14-20H2,1,3-4H3,(H,47,54)(H,48,53,55)/t33-/m1/s1. The Morgan fingerprint density at radius 2 is 1.74 bits per heavy atom. The molecule has 0 saturated carbocycles. The highest BCUT2D eigenvalue weighted by molar-refractivity contribution is 7.81. The average Bonchev–Trinajstić information content (AvgIpc) is 3.37. The van der Waals surface area contributed by atoms with E-state index in [1.807, 2.05) is 17.9 Å². The zero-order valence-corrected chi connectivity index (χ0v) is 33.1. The third-order valence-electron chi connectivity index (χ3n) is 10.4. The van der Waals surface area contributed by atoms with Gasteiger partial charge in [-0.05, 0) is 99.1 Å². The molecule has 3 fully saturated rings. The second-order valence-corrected chi connectivity index (χ2v) is 15.0. The second kappa shape index (κ2) is 16.9. The third-order valence-corrected chi connectivity index (χ3v) is 10.8. The zero-order valence-electron chi connectivity index (χ0n) is 32.2. The Kier molecular flexibility index (Phi) is 12.1. The highest BCUT2D eigenvalue weighted by Gasteiger charge is 2.51. The van der Waals surface area contributed by atoms with Crippen molar-refractivity contribution in [3.05, 3.63) is 89.6 Å². The van der Waals surface area contributed by atoms with Crippen LogP contribution in [0.2, 0.25) is 0 Å². The average molecular weight is 817 g/mol. The molecule has 3 saturated heterocycles. The normalized spacial score (nSPS) is 18.5. The van der Waals surface area contributed by atoms with Gasteiger partial charge in [-0.1, -0.05) is 19.6 Å². The maximum atomic E-state index is 13.8. The fraction of sp³-hybridized carbons (Fsp3) is 0.366. The summed E-state index contributed by atoms with van der Waals surface area (Å²) in [6.07, 6.45) is -3.57. The number of thiocarbonyl (C=S) groups is 1. The summed E-state index contributed by atoms with van der Waals surface area (Å²) >= 11 is 5.70. The molecule has 3 N–H and O–H groups in total. The zero-order chi connectivity index (χ0) is 41.9. The third kappa shape index (κ3) is 8.77. The van der Waals surface area contributed by atoms with Crippen LogP contribution in [-0.2, 0) is 31.8 Å². The number of benzene rings is 3. The first kappa shape index (κ1) is 41.6. The molecule has 3 heterocycles. The minimum Gasteiger partial charge on any atom is -0.492 e. The number of amides is 4. The minimum atomic E-state index is -4.80. The number of nitrogens with one attached hydrogen (secondary N) is 3. The number of rotatable bonds is 12. The predicted molar refractivity (Wildman–Crippen MR) is 216 cm³/mol. The van der Waals surface area contributed by atoms with E-state index < -0.39 is 34.8 Å². The first-order valence-corrected chi connectivity index (χ1v) is 19.2. The number of anilines is 4. The van der Waals surface area contributed by atoms with Crippen molar-refractivity contribution >= 4 is 63.7 Å². The topological polar surface area (TPSA) is 150 Å². The summed E-state index contributed by atoms with van der Waals surface area (Å²) in [5.74, 6) is -0.877. The van der Waals surface area contributed by atoms with Crippen molar-refractivity contribution in [1.82, 2.24) is 15.1 Å². The highest BCUT2D eigenvalue weighted by Crippen LogP contribution is 2.40. The molecular formula is C41H43F3N8O5S. The molecular weight excluding hydrogens is 774 g/mol. The van der Waals surface area contributed by atoms with Gasteiger partial charge in [0.2, 0.25) is 11.8 Å². The number of halogens is 3. The summed E-state index contributed by atoms with van der Waals surface area (Å²) in [5, 5.41) is 17.5. The number of piperazine rings is 1. The van der Waals surface area contributed by atoms with Crippen molar-refractivity contribution in [1.29, 1.82) is 5.26 Å². The largest absolute Gasteiger partial charge is 0.492 e.